The molecule has 0 aromatic heterocycles. The maximum Gasteiger partial charge on any atom is 0.237 e. The molecule has 1 saturated carbocycles. The molecule has 2 aromatic carbocycles. The maximum absolute atomic E-state index is 12.7. The third kappa shape index (κ3) is 3.44. The second kappa shape index (κ2) is 7.08. The Labute approximate surface area is 166 Å². The fraction of sp³-hybridized carbons (Fsp3) is 0.417. The summed E-state index contributed by atoms with van der Waals surface area (Å²) in [6, 6.07) is 15.3. The summed E-state index contributed by atoms with van der Waals surface area (Å²) in [6.45, 7) is 6.54. The first kappa shape index (κ1) is 18.7. The van der Waals surface area contributed by atoms with Crippen molar-refractivity contribution in [3.05, 3.63) is 54.1 Å². The minimum Gasteiger partial charge on any atom is -0.457 e. The highest BCUT2D eigenvalue weighted by atomic mass is 16.5. The molecular weight excluding hydrogens is 350 g/mol. The zero-order chi connectivity index (χ0) is 19.9. The number of amides is 2. The third-order valence-corrected chi connectivity index (χ3v) is 5.89. The van der Waals surface area contributed by atoms with Crippen LogP contribution in [0.4, 0.5) is 5.69 Å². The van der Waals surface area contributed by atoms with Crippen molar-refractivity contribution in [2.24, 2.45) is 11.8 Å². The fourth-order valence-corrected chi connectivity index (χ4v) is 4.24. The van der Waals surface area contributed by atoms with Crippen LogP contribution in [0.2, 0.25) is 0 Å². The van der Waals surface area contributed by atoms with E-state index >= 15 is 0 Å². The minimum absolute atomic E-state index is 0.0406. The van der Waals surface area contributed by atoms with E-state index in [-0.39, 0.29) is 29.1 Å². The quantitative estimate of drug-likeness (QED) is 0.668. The molecule has 1 aliphatic heterocycles. The van der Waals surface area contributed by atoms with E-state index in [0.29, 0.717) is 11.4 Å². The molecule has 4 rings (SSSR count). The average Bonchev–Trinajstić information content (AvgIpc) is 2.93. The second-order valence-corrected chi connectivity index (χ2v) is 8.88. The second-order valence-electron chi connectivity index (χ2n) is 8.88. The zero-order valence-electron chi connectivity index (χ0n) is 16.8. The van der Waals surface area contributed by atoms with E-state index in [1.54, 1.807) is 12.1 Å². The van der Waals surface area contributed by atoms with Gasteiger partial charge in [0.25, 0.3) is 0 Å². The van der Waals surface area contributed by atoms with Crippen molar-refractivity contribution < 1.29 is 14.3 Å². The van der Waals surface area contributed by atoms with Crippen molar-refractivity contribution in [1.82, 2.24) is 0 Å². The highest BCUT2D eigenvalue weighted by Gasteiger charge is 2.48. The van der Waals surface area contributed by atoms with Crippen molar-refractivity contribution >= 4 is 17.5 Å². The van der Waals surface area contributed by atoms with Crippen LogP contribution in [0.25, 0.3) is 0 Å². The Morgan fingerprint density at radius 3 is 1.71 bits per heavy atom. The molecule has 1 saturated heterocycles. The molecule has 4 heteroatoms. The first-order valence-electron chi connectivity index (χ1n) is 10.1. The van der Waals surface area contributed by atoms with Gasteiger partial charge in [0.05, 0.1) is 17.5 Å². The summed E-state index contributed by atoms with van der Waals surface area (Å²) in [5.41, 5.74) is 1.99. The minimum atomic E-state index is -0.126. The number of imide groups is 1. The SMILES string of the molecule is CC(C)(C)c1ccc(Oc2ccc(N3C(=O)C4CCCCC4C3=O)cc2)cc1. The molecule has 0 N–H and O–H groups in total. The van der Waals surface area contributed by atoms with Crippen LogP contribution in [-0.4, -0.2) is 11.8 Å². The van der Waals surface area contributed by atoms with E-state index in [1.165, 1.54) is 10.5 Å². The standard InChI is InChI=1S/C24H27NO3/c1-24(2,3)16-8-12-18(13-9-16)28-19-14-10-17(11-15-19)25-22(26)20-6-4-5-7-21(20)23(25)27/h8-15,20-21H,4-7H2,1-3H3. The summed E-state index contributed by atoms with van der Waals surface area (Å²) >= 11 is 0. The van der Waals surface area contributed by atoms with E-state index in [2.05, 4.69) is 32.9 Å². The van der Waals surface area contributed by atoms with Gasteiger partial charge >= 0.3 is 0 Å². The molecule has 1 aliphatic carbocycles. The lowest BCUT2D eigenvalue weighted by Crippen LogP contribution is -2.30. The van der Waals surface area contributed by atoms with Crippen molar-refractivity contribution in [2.45, 2.75) is 51.9 Å². The molecule has 0 radical (unpaired) electrons. The summed E-state index contributed by atoms with van der Waals surface area (Å²) in [6.07, 6.45) is 3.73. The van der Waals surface area contributed by atoms with Gasteiger partial charge in [-0.3, -0.25) is 14.5 Å². The molecule has 0 bridgehead atoms. The van der Waals surface area contributed by atoms with Gasteiger partial charge in [0.1, 0.15) is 11.5 Å². The number of hydrogen-bond acceptors (Lipinski definition) is 3. The highest BCUT2D eigenvalue weighted by Crippen LogP contribution is 2.40. The number of anilines is 1. The molecule has 1 heterocycles. The number of ether oxygens (including phenoxy) is 1. The molecule has 2 atom stereocenters. The van der Waals surface area contributed by atoms with Gasteiger partial charge in [-0.05, 0) is 60.2 Å². The molecule has 2 amide bonds. The van der Waals surface area contributed by atoms with Crippen LogP contribution in [0.1, 0.15) is 52.0 Å². The molecule has 146 valence electrons. The van der Waals surface area contributed by atoms with Gasteiger partial charge in [0.2, 0.25) is 11.8 Å². The number of benzene rings is 2. The smallest absolute Gasteiger partial charge is 0.237 e. The Morgan fingerprint density at radius 1 is 0.786 bits per heavy atom. The predicted octanol–water partition coefficient (Wildman–Crippen LogP) is 5.46. The normalized spacial score (nSPS) is 22.3. The van der Waals surface area contributed by atoms with Crippen LogP contribution in [-0.2, 0) is 15.0 Å². The van der Waals surface area contributed by atoms with E-state index < -0.39 is 0 Å². The Bertz CT molecular complexity index is 854. The van der Waals surface area contributed by atoms with E-state index in [4.69, 9.17) is 4.74 Å². The molecule has 2 unspecified atom stereocenters. The van der Waals surface area contributed by atoms with Crippen LogP contribution in [0, 0.1) is 11.8 Å². The third-order valence-electron chi connectivity index (χ3n) is 5.89. The zero-order valence-corrected chi connectivity index (χ0v) is 16.8. The molecule has 2 aromatic rings. The summed E-state index contributed by atoms with van der Waals surface area (Å²) in [5, 5.41) is 0. The van der Waals surface area contributed by atoms with Gasteiger partial charge in [0, 0.05) is 0 Å². The molecule has 0 spiro atoms. The van der Waals surface area contributed by atoms with Crippen molar-refractivity contribution in [2.75, 3.05) is 4.90 Å². The van der Waals surface area contributed by atoms with Crippen molar-refractivity contribution in [1.29, 1.82) is 0 Å². The first-order valence-corrected chi connectivity index (χ1v) is 10.1. The summed E-state index contributed by atoms with van der Waals surface area (Å²) in [7, 11) is 0. The van der Waals surface area contributed by atoms with E-state index in [0.717, 1.165) is 31.4 Å². The Balaban J connectivity index is 1.48. The van der Waals surface area contributed by atoms with E-state index in [1.807, 2.05) is 24.3 Å². The van der Waals surface area contributed by atoms with Gasteiger partial charge in [-0.25, -0.2) is 0 Å². The Hall–Kier alpha value is -2.62. The lowest BCUT2D eigenvalue weighted by molar-refractivity contribution is -0.122. The summed E-state index contributed by atoms with van der Waals surface area (Å²) < 4.78 is 5.92. The molecule has 2 fully saturated rings. The molecular formula is C24H27NO3. The lowest BCUT2D eigenvalue weighted by atomic mass is 9.81. The number of carbonyl (C=O) groups excluding carboxylic acids is 2. The highest BCUT2D eigenvalue weighted by molar-refractivity contribution is 6.22. The van der Waals surface area contributed by atoms with Crippen molar-refractivity contribution in [3.63, 3.8) is 0 Å². The monoisotopic (exact) mass is 377 g/mol. The van der Waals surface area contributed by atoms with Gasteiger partial charge in [-0.2, -0.15) is 0 Å². The van der Waals surface area contributed by atoms with Crippen LogP contribution in [0.5, 0.6) is 11.5 Å². The molecule has 2 aliphatic rings. The summed E-state index contributed by atoms with van der Waals surface area (Å²) in [4.78, 5) is 26.8. The van der Waals surface area contributed by atoms with Gasteiger partial charge in [-0.1, -0.05) is 45.7 Å². The Kier molecular flexibility index (Phi) is 4.74. The fourth-order valence-electron chi connectivity index (χ4n) is 4.24. The number of hydrogen-bond donors (Lipinski definition) is 0. The number of rotatable bonds is 3. The average molecular weight is 377 g/mol. The van der Waals surface area contributed by atoms with Crippen LogP contribution in [0.3, 0.4) is 0 Å². The first-order chi connectivity index (χ1) is 13.3. The van der Waals surface area contributed by atoms with Crippen LogP contribution in [0.15, 0.2) is 48.5 Å². The topological polar surface area (TPSA) is 46.6 Å². The van der Waals surface area contributed by atoms with Gasteiger partial charge in [0.15, 0.2) is 0 Å². The maximum atomic E-state index is 12.7. The van der Waals surface area contributed by atoms with Crippen LogP contribution < -0.4 is 9.64 Å². The van der Waals surface area contributed by atoms with E-state index in [9.17, 15) is 9.59 Å². The van der Waals surface area contributed by atoms with Gasteiger partial charge in [-0.15, -0.1) is 0 Å². The molecule has 28 heavy (non-hydrogen) atoms. The predicted molar refractivity (Wildman–Crippen MR) is 110 cm³/mol. The van der Waals surface area contributed by atoms with Crippen molar-refractivity contribution in [3.8, 4) is 11.5 Å². The number of nitrogens with zero attached hydrogens (tertiary/aromatic N) is 1. The largest absolute Gasteiger partial charge is 0.457 e. The van der Waals surface area contributed by atoms with Gasteiger partial charge < -0.3 is 4.74 Å². The number of fused-ring (bicyclic) bond motifs is 1. The summed E-state index contributed by atoms with van der Waals surface area (Å²) in [5.74, 6) is 1.11. The Morgan fingerprint density at radius 2 is 1.25 bits per heavy atom. The number of carbonyl (C=O) groups is 2. The lowest BCUT2D eigenvalue weighted by Gasteiger charge is -2.19. The van der Waals surface area contributed by atoms with Crippen LogP contribution >= 0.6 is 0 Å². The molecule has 4 nitrogen and oxygen atoms in total.